The summed E-state index contributed by atoms with van der Waals surface area (Å²) in [6, 6.07) is 5.75. The third-order valence-electron chi connectivity index (χ3n) is 3.42. The zero-order chi connectivity index (χ0) is 13.1. The summed E-state index contributed by atoms with van der Waals surface area (Å²) in [5, 5.41) is 19.7. The number of hydrogen-bond donors (Lipinski definition) is 2. The Bertz CT molecular complexity index is 406. The molecule has 1 aliphatic rings. The van der Waals surface area contributed by atoms with Gasteiger partial charge in [-0.3, -0.25) is 0 Å². The summed E-state index contributed by atoms with van der Waals surface area (Å²) in [7, 11) is 1.61. The highest BCUT2D eigenvalue weighted by Crippen LogP contribution is 2.35. The van der Waals surface area contributed by atoms with Gasteiger partial charge in [0.05, 0.1) is 19.3 Å². The van der Waals surface area contributed by atoms with Gasteiger partial charge in [-0.1, -0.05) is 6.07 Å². The van der Waals surface area contributed by atoms with Crippen LogP contribution in [0.1, 0.15) is 31.4 Å². The molecule has 1 saturated heterocycles. The van der Waals surface area contributed by atoms with Crippen LogP contribution in [0.5, 0.6) is 5.75 Å². The van der Waals surface area contributed by atoms with E-state index in [2.05, 4.69) is 4.90 Å². The lowest BCUT2D eigenvalue weighted by atomic mass is 10.0. The van der Waals surface area contributed by atoms with E-state index in [1.807, 2.05) is 18.2 Å². The standard InChI is InChI=1S/C14H21NO3/c1-10(16)14-12(6-3-7-13(14)18-2)15-8-4-5-11(17)9-15/h3,6-7,10-11,16-17H,4-5,8-9H2,1-2H3/t10-,11?/m0/s1. The summed E-state index contributed by atoms with van der Waals surface area (Å²) in [6.45, 7) is 3.26. The first-order valence-electron chi connectivity index (χ1n) is 6.41. The van der Waals surface area contributed by atoms with Crippen LogP contribution in [0.4, 0.5) is 5.69 Å². The number of rotatable bonds is 3. The predicted octanol–water partition coefficient (Wildman–Crippen LogP) is 1.71. The molecule has 2 rings (SSSR count). The Labute approximate surface area is 108 Å². The quantitative estimate of drug-likeness (QED) is 0.858. The molecular weight excluding hydrogens is 230 g/mol. The summed E-state index contributed by atoms with van der Waals surface area (Å²) in [5.41, 5.74) is 1.76. The Hall–Kier alpha value is -1.26. The Morgan fingerprint density at radius 3 is 2.83 bits per heavy atom. The molecule has 1 aromatic carbocycles. The molecule has 1 aliphatic heterocycles. The maximum Gasteiger partial charge on any atom is 0.126 e. The molecule has 4 heteroatoms. The molecule has 18 heavy (non-hydrogen) atoms. The van der Waals surface area contributed by atoms with Crippen molar-refractivity contribution in [2.24, 2.45) is 0 Å². The molecule has 0 aliphatic carbocycles. The van der Waals surface area contributed by atoms with Crippen LogP contribution in [-0.2, 0) is 0 Å². The van der Waals surface area contributed by atoms with E-state index < -0.39 is 6.10 Å². The molecule has 1 unspecified atom stereocenters. The minimum atomic E-state index is -0.588. The fourth-order valence-electron chi connectivity index (χ4n) is 2.58. The van der Waals surface area contributed by atoms with E-state index in [-0.39, 0.29) is 6.10 Å². The van der Waals surface area contributed by atoms with Crippen LogP contribution in [-0.4, -0.2) is 36.5 Å². The number of aliphatic hydroxyl groups excluding tert-OH is 2. The third kappa shape index (κ3) is 2.60. The van der Waals surface area contributed by atoms with Gasteiger partial charge in [0.15, 0.2) is 0 Å². The van der Waals surface area contributed by atoms with Gasteiger partial charge in [0.25, 0.3) is 0 Å². The Morgan fingerprint density at radius 1 is 1.44 bits per heavy atom. The van der Waals surface area contributed by atoms with E-state index in [0.29, 0.717) is 12.3 Å². The van der Waals surface area contributed by atoms with Crippen molar-refractivity contribution in [3.63, 3.8) is 0 Å². The molecule has 0 bridgehead atoms. The number of β-amino-alcohol motifs (C(OH)–C–C–N with tert-alkyl or cyclic N) is 1. The fraction of sp³-hybridized carbons (Fsp3) is 0.571. The van der Waals surface area contributed by atoms with Gasteiger partial charge in [-0.25, -0.2) is 0 Å². The highest BCUT2D eigenvalue weighted by atomic mass is 16.5. The van der Waals surface area contributed by atoms with Crippen molar-refractivity contribution in [2.45, 2.75) is 32.0 Å². The Kier molecular flexibility index (Phi) is 4.09. The van der Waals surface area contributed by atoms with E-state index in [1.165, 1.54) is 0 Å². The summed E-state index contributed by atoms with van der Waals surface area (Å²) in [5.74, 6) is 0.697. The summed E-state index contributed by atoms with van der Waals surface area (Å²) in [4.78, 5) is 2.12. The van der Waals surface area contributed by atoms with E-state index >= 15 is 0 Å². The number of ether oxygens (including phenoxy) is 1. The Morgan fingerprint density at radius 2 is 2.22 bits per heavy atom. The maximum atomic E-state index is 9.94. The van der Waals surface area contributed by atoms with Gasteiger partial charge in [0.2, 0.25) is 0 Å². The molecule has 1 aromatic rings. The predicted molar refractivity (Wildman–Crippen MR) is 71.1 cm³/mol. The lowest BCUT2D eigenvalue weighted by molar-refractivity contribution is 0.153. The van der Waals surface area contributed by atoms with E-state index in [9.17, 15) is 10.2 Å². The van der Waals surface area contributed by atoms with E-state index in [1.54, 1.807) is 14.0 Å². The lowest BCUT2D eigenvalue weighted by Gasteiger charge is -2.34. The van der Waals surface area contributed by atoms with Crippen LogP contribution in [0.25, 0.3) is 0 Å². The molecule has 0 radical (unpaired) electrons. The molecule has 4 nitrogen and oxygen atoms in total. The first-order chi connectivity index (χ1) is 8.63. The topological polar surface area (TPSA) is 52.9 Å². The molecule has 2 atom stereocenters. The average Bonchev–Trinajstić information content (AvgIpc) is 2.37. The van der Waals surface area contributed by atoms with Crippen molar-refractivity contribution in [3.8, 4) is 5.75 Å². The number of nitrogens with zero attached hydrogens (tertiary/aromatic N) is 1. The van der Waals surface area contributed by atoms with Crippen LogP contribution in [0.2, 0.25) is 0 Å². The van der Waals surface area contributed by atoms with Crippen LogP contribution in [0, 0.1) is 0 Å². The van der Waals surface area contributed by atoms with Gasteiger partial charge >= 0.3 is 0 Å². The van der Waals surface area contributed by atoms with Crippen LogP contribution >= 0.6 is 0 Å². The van der Waals surface area contributed by atoms with Crippen LogP contribution in [0.15, 0.2) is 18.2 Å². The number of hydrogen-bond acceptors (Lipinski definition) is 4. The molecule has 1 heterocycles. The molecule has 2 N–H and O–H groups in total. The fourth-order valence-corrected chi connectivity index (χ4v) is 2.58. The van der Waals surface area contributed by atoms with Crippen molar-refractivity contribution >= 4 is 5.69 Å². The minimum absolute atomic E-state index is 0.285. The second-order valence-corrected chi connectivity index (χ2v) is 4.81. The number of methoxy groups -OCH3 is 1. The summed E-state index contributed by atoms with van der Waals surface area (Å²) < 4.78 is 5.32. The highest BCUT2D eigenvalue weighted by Gasteiger charge is 2.23. The normalized spacial score (nSPS) is 21.8. The Balaban J connectivity index is 2.36. The maximum absolute atomic E-state index is 9.94. The van der Waals surface area contributed by atoms with Crippen molar-refractivity contribution in [1.82, 2.24) is 0 Å². The average molecular weight is 251 g/mol. The smallest absolute Gasteiger partial charge is 0.126 e. The minimum Gasteiger partial charge on any atom is -0.496 e. The van der Waals surface area contributed by atoms with Gasteiger partial charge in [-0.15, -0.1) is 0 Å². The second kappa shape index (κ2) is 5.59. The van der Waals surface area contributed by atoms with Gasteiger partial charge in [0.1, 0.15) is 5.75 Å². The van der Waals surface area contributed by atoms with E-state index in [4.69, 9.17) is 4.74 Å². The first kappa shape index (κ1) is 13.2. The zero-order valence-corrected chi connectivity index (χ0v) is 11.0. The highest BCUT2D eigenvalue weighted by molar-refractivity contribution is 5.60. The SMILES string of the molecule is COc1cccc(N2CCCC(O)C2)c1[C@H](C)O. The van der Waals surface area contributed by atoms with Crippen molar-refractivity contribution in [1.29, 1.82) is 0 Å². The number of aliphatic hydroxyl groups is 2. The van der Waals surface area contributed by atoms with Crippen molar-refractivity contribution in [2.75, 3.05) is 25.1 Å². The van der Waals surface area contributed by atoms with Crippen LogP contribution in [0.3, 0.4) is 0 Å². The van der Waals surface area contributed by atoms with Gasteiger partial charge in [0, 0.05) is 24.3 Å². The number of benzene rings is 1. The zero-order valence-electron chi connectivity index (χ0n) is 11.0. The van der Waals surface area contributed by atoms with E-state index in [0.717, 1.165) is 30.6 Å². The summed E-state index contributed by atoms with van der Waals surface area (Å²) in [6.07, 6.45) is 0.948. The van der Waals surface area contributed by atoms with Crippen molar-refractivity contribution in [3.05, 3.63) is 23.8 Å². The second-order valence-electron chi connectivity index (χ2n) is 4.81. The third-order valence-corrected chi connectivity index (χ3v) is 3.42. The number of piperidine rings is 1. The first-order valence-corrected chi connectivity index (χ1v) is 6.41. The van der Waals surface area contributed by atoms with Gasteiger partial charge in [-0.05, 0) is 31.9 Å². The van der Waals surface area contributed by atoms with Gasteiger partial charge < -0.3 is 19.8 Å². The van der Waals surface area contributed by atoms with Crippen molar-refractivity contribution < 1.29 is 14.9 Å². The molecular formula is C14H21NO3. The van der Waals surface area contributed by atoms with Gasteiger partial charge in [-0.2, -0.15) is 0 Å². The lowest BCUT2D eigenvalue weighted by Crippen LogP contribution is -2.38. The summed E-state index contributed by atoms with van der Waals surface area (Å²) >= 11 is 0. The molecule has 0 aromatic heterocycles. The molecule has 0 saturated carbocycles. The molecule has 1 fully saturated rings. The molecule has 0 spiro atoms. The molecule has 0 amide bonds. The largest absolute Gasteiger partial charge is 0.496 e. The van der Waals surface area contributed by atoms with Crippen LogP contribution < -0.4 is 9.64 Å². The molecule has 100 valence electrons. The monoisotopic (exact) mass is 251 g/mol. The number of anilines is 1.